The number of nitrogens with one attached hydrogen (secondary N) is 1. The Morgan fingerprint density at radius 1 is 1.16 bits per heavy atom. The van der Waals surface area contributed by atoms with Gasteiger partial charge in [0.15, 0.2) is 0 Å². The van der Waals surface area contributed by atoms with Crippen LogP contribution in [0.2, 0.25) is 0 Å². The van der Waals surface area contributed by atoms with Crippen LogP contribution in [0.4, 0.5) is 10.1 Å². The first kappa shape index (κ1) is 19.0. The van der Waals surface area contributed by atoms with Crippen LogP contribution in [0, 0.1) is 5.82 Å². The molecule has 2 rings (SSSR count). The van der Waals surface area contributed by atoms with E-state index < -0.39 is 0 Å². The van der Waals surface area contributed by atoms with Gasteiger partial charge in [0.05, 0.1) is 12.2 Å². The number of halogens is 1. The molecule has 6 heteroatoms. The maximum atomic E-state index is 13.1. The molecule has 2 aromatic rings. The molecule has 0 fully saturated rings. The Hall–Kier alpha value is -2.34. The van der Waals surface area contributed by atoms with E-state index >= 15 is 0 Å². The second-order valence-electron chi connectivity index (χ2n) is 5.63. The number of anilines is 1. The fraction of sp³-hybridized carbons (Fsp3) is 0.263. The van der Waals surface area contributed by atoms with Gasteiger partial charge in [0.25, 0.3) is 0 Å². The molecule has 0 aliphatic rings. The van der Waals surface area contributed by atoms with Crippen molar-refractivity contribution in [3.05, 3.63) is 59.9 Å². The summed E-state index contributed by atoms with van der Waals surface area (Å²) in [6, 6.07) is 13.7. The normalized spacial score (nSPS) is 10.4. The minimum atomic E-state index is -0.315. The van der Waals surface area contributed by atoms with E-state index in [2.05, 4.69) is 5.32 Å². The molecule has 0 aliphatic carbocycles. The topological polar surface area (TPSA) is 49.4 Å². The van der Waals surface area contributed by atoms with Gasteiger partial charge in [-0.1, -0.05) is 24.3 Å². The molecule has 0 radical (unpaired) electrons. The minimum Gasteiger partial charge on any atom is -0.336 e. The summed E-state index contributed by atoms with van der Waals surface area (Å²) in [5, 5.41) is 2.83. The highest BCUT2D eigenvalue weighted by molar-refractivity contribution is 7.98. The Kier molecular flexibility index (Phi) is 7.01. The largest absolute Gasteiger partial charge is 0.336 e. The molecule has 4 nitrogen and oxygen atoms in total. The number of aryl methyl sites for hydroxylation is 1. The summed E-state index contributed by atoms with van der Waals surface area (Å²) in [7, 11) is 1.59. The first-order valence-corrected chi connectivity index (χ1v) is 9.13. The molecule has 132 valence electrons. The van der Waals surface area contributed by atoms with Crippen LogP contribution in [-0.2, 0) is 16.0 Å². The number of carbonyl (C=O) groups excluding carboxylic acids is 2. The number of thioether (sulfide) groups is 1. The average molecular weight is 360 g/mol. The van der Waals surface area contributed by atoms with Crippen LogP contribution in [0.1, 0.15) is 12.0 Å². The summed E-state index contributed by atoms with van der Waals surface area (Å²) < 4.78 is 13.1. The van der Waals surface area contributed by atoms with Crippen molar-refractivity contribution in [1.29, 1.82) is 0 Å². The molecule has 0 aliphatic heterocycles. The van der Waals surface area contributed by atoms with Crippen LogP contribution < -0.4 is 5.32 Å². The van der Waals surface area contributed by atoms with Gasteiger partial charge < -0.3 is 10.2 Å². The molecule has 1 N–H and O–H groups in total. The van der Waals surface area contributed by atoms with Crippen LogP contribution in [0.25, 0.3) is 0 Å². The van der Waals surface area contributed by atoms with Gasteiger partial charge in [-0.3, -0.25) is 9.59 Å². The first-order valence-electron chi connectivity index (χ1n) is 7.91. The van der Waals surface area contributed by atoms with Crippen LogP contribution >= 0.6 is 11.8 Å². The lowest BCUT2D eigenvalue weighted by atomic mass is 10.1. The fourth-order valence-electron chi connectivity index (χ4n) is 2.38. The second-order valence-corrected chi connectivity index (χ2v) is 6.48. The van der Waals surface area contributed by atoms with Crippen molar-refractivity contribution < 1.29 is 14.0 Å². The van der Waals surface area contributed by atoms with Gasteiger partial charge >= 0.3 is 0 Å². The maximum Gasteiger partial charge on any atom is 0.244 e. The number of nitrogens with zero attached hydrogens (tertiary/aromatic N) is 1. The molecule has 2 amide bonds. The van der Waals surface area contributed by atoms with E-state index in [9.17, 15) is 14.0 Å². The first-order chi connectivity index (χ1) is 12.0. The molecule has 0 atom stereocenters. The molecule has 0 heterocycles. The van der Waals surface area contributed by atoms with E-state index in [0.717, 1.165) is 16.1 Å². The van der Waals surface area contributed by atoms with Crippen molar-refractivity contribution in [2.45, 2.75) is 17.7 Å². The SMILES string of the molecule is CSc1ccccc1NC(=O)CN(C)C(=O)CCc1cccc(F)c1. The zero-order chi connectivity index (χ0) is 18.2. The summed E-state index contributed by atoms with van der Waals surface area (Å²) in [5.41, 5.74) is 1.50. The Labute approximate surface area is 151 Å². The van der Waals surface area contributed by atoms with Crippen molar-refractivity contribution in [1.82, 2.24) is 4.90 Å². The number of hydrogen-bond acceptors (Lipinski definition) is 3. The van der Waals surface area contributed by atoms with Crippen molar-refractivity contribution in [2.75, 3.05) is 25.2 Å². The quantitative estimate of drug-likeness (QED) is 0.768. The number of amides is 2. The van der Waals surface area contributed by atoms with Crippen molar-refractivity contribution in [3.63, 3.8) is 0 Å². The predicted octanol–water partition coefficient (Wildman–Crippen LogP) is 3.58. The van der Waals surface area contributed by atoms with Gasteiger partial charge in [0.1, 0.15) is 5.82 Å². The highest BCUT2D eigenvalue weighted by Crippen LogP contribution is 2.24. The van der Waals surface area contributed by atoms with E-state index in [1.807, 2.05) is 30.5 Å². The second kappa shape index (κ2) is 9.22. The zero-order valence-electron chi connectivity index (χ0n) is 14.3. The summed E-state index contributed by atoms with van der Waals surface area (Å²) in [6.07, 6.45) is 2.61. The Bertz CT molecular complexity index is 752. The molecular weight excluding hydrogens is 339 g/mol. The van der Waals surface area contributed by atoms with Crippen LogP contribution in [0.15, 0.2) is 53.4 Å². The van der Waals surface area contributed by atoms with Gasteiger partial charge in [-0.15, -0.1) is 11.8 Å². The van der Waals surface area contributed by atoms with Crippen LogP contribution in [-0.4, -0.2) is 36.6 Å². The van der Waals surface area contributed by atoms with E-state index in [4.69, 9.17) is 0 Å². The van der Waals surface area contributed by atoms with Gasteiger partial charge in [0.2, 0.25) is 11.8 Å². The molecule has 0 bridgehead atoms. The van der Waals surface area contributed by atoms with Gasteiger partial charge in [-0.05, 0) is 42.5 Å². The molecule has 0 saturated carbocycles. The lowest BCUT2D eigenvalue weighted by molar-refractivity contribution is -0.133. The fourth-order valence-corrected chi connectivity index (χ4v) is 2.93. The lowest BCUT2D eigenvalue weighted by Crippen LogP contribution is -2.35. The van der Waals surface area contributed by atoms with E-state index in [-0.39, 0.29) is 30.6 Å². The number of para-hydroxylation sites is 1. The highest BCUT2D eigenvalue weighted by Gasteiger charge is 2.14. The third-order valence-corrected chi connectivity index (χ3v) is 4.50. The van der Waals surface area contributed by atoms with Gasteiger partial charge in [0, 0.05) is 18.4 Å². The molecule has 0 unspecified atom stereocenters. The molecule has 0 spiro atoms. The van der Waals surface area contributed by atoms with E-state index in [1.165, 1.54) is 17.0 Å². The number of hydrogen-bond donors (Lipinski definition) is 1. The monoisotopic (exact) mass is 360 g/mol. The average Bonchev–Trinajstić information content (AvgIpc) is 2.60. The minimum absolute atomic E-state index is 0.0231. The number of likely N-dealkylation sites (N-methyl/N-ethyl adjacent to an activating group) is 1. The maximum absolute atomic E-state index is 13.1. The lowest BCUT2D eigenvalue weighted by Gasteiger charge is -2.17. The number of carbonyl (C=O) groups is 2. The third-order valence-electron chi connectivity index (χ3n) is 3.70. The predicted molar refractivity (Wildman–Crippen MR) is 99.2 cm³/mol. The van der Waals surface area contributed by atoms with Crippen molar-refractivity contribution >= 4 is 29.3 Å². The number of benzene rings is 2. The van der Waals surface area contributed by atoms with Crippen LogP contribution in [0.3, 0.4) is 0 Å². The van der Waals surface area contributed by atoms with Crippen LogP contribution in [0.5, 0.6) is 0 Å². The Morgan fingerprint density at radius 2 is 1.92 bits per heavy atom. The third kappa shape index (κ3) is 5.90. The van der Waals surface area contributed by atoms with Gasteiger partial charge in [-0.25, -0.2) is 4.39 Å². The van der Waals surface area contributed by atoms with E-state index in [1.54, 1.807) is 30.9 Å². The molecule has 2 aromatic carbocycles. The summed E-state index contributed by atoms with van der Waals surface area (Å²) in [6.45, 7) is -0.0231. The van der Waals surface area contributed by atoms with Crippen molar-refractivity contribution in [2.24, 2.45) is 0 Å². The molecule has 0 saturated heterocycles. The summed E-state index contributed by atoms with van der Waals surface area (Å²) in [5.74, 6) is -0.717. The molecular formula is C19H21FN2O2S. The highest BCUT2D eigenvalue weighted by atomic mass is 32.2. The molecule has 25 heavy (non-hydrogen) atoms. The Balaban J connectivity index is 1.84. The number of rotatable bonds is 7. The standard InChI is InChI=1S/C19H21FN2O2S/c1-22(19(24)11-10-14-6-5-7-15(20)12-14)13-18(23)21-16-8-3-4-9-17(16)25-2/h3-9,12H,10-11,13H2,1-2H3,(H,21,23). The zero-order valence-corrected chi connectivity index (χ0v) is 15.1. The van der Waals surface area contributed by atoms with Gasteiger partial charge in [-0.2, -0.15) is 0 Å². The molecule has 0 aromatic heterocycles. The summed E-state index contributed by atoms with van der Waals surface area (Å²) in [4.78, 5) is 26.7. The Morgan fingerprint density at radius 3 is 2.64 bits per heavy atom. The summed E-state index contributed by atoms with van der Waals surface area (Å²) >= 11 is 1.54. The smallest absolute Gasteiger partial charge is 0.244 e. The van der Waals surface area contributed by atoms with E-state index in [0.29, 0.717) is 6.42 Å². The van der Waals surface area contributed by atoms with Crippen molar-refractivity contribution in [3.8, 4) is 0 Å².